The minimum absolute atomic E-state index is 0.328. The molecule has 4 rings (SSSR count). The van der Waals surface area contributed by atoms with Crippen molar-refractivity contribution in [3.05, 3.63) is 53.2 Å². The van der Waals surface area contributed by atoms with Crippen LogP contribution in [0.3, 0.4) is 0 Å². The number of para-hydroxylation sites is 1. The van der Waals surface area contributed by atoms with Crippen LogP contribution in [0.4, 0.5) is 0 Å². The van der Waals surface area contributed by atoms with E-state index in [0.717, 1.165) is 16.8 Å². The largest absolute Gasteiger partial charge is 0.368 e. The molecule has 0 radical (unpaired) electrons. The number of aromatic nitrogens is 4. The number of carbonyl (C=O) groups excluding carboxylic acids is 1. The maximum atomic E-state index is 12.5. The number of hydrogen-bond donors (Lipinski definition) is 1. The Labute approximate surface area is 136 Å². The number of benzene rings is 1. The van der Waals surface area contributed by atoms with Crippen LogP contribution in [0.1, 0.15) is 12.8 Å². The second-order valence-corrected chi connectivity index (χ2v) is 5.53. The van der Waals surface area contributed by atoms with Gasteiger partial charge in [0.05, 0.1) is 11.9 Å². The van der Waals surface area contributed by atoms with Crippen molar-refractivity contribution in [3.63, 3.8) is 0 Å². The van der Waals surface area contributed by atoms with Gasteiger partial charge in [0.25, 0.3) is 11.5 Å². The van der Waals surface area contributed by atoms with Crippen molar-refractivity contribution in [2.24, 2.45) is 0 Å². The van der Waals surface area contributed by atoms with Crippen LogP contribution in [0.2, 0.25) is 0 Å². The number of fused-ring (bicyclic) bond motifs is 1. The molecule has 122 valence electrons. The first kappa shape index (κ1) is 14.6. The molecule has 0 saturated carbocycles. The van der Waals surface area contributed by atoms with E-state index in [2.05, 4.69) is 15.5 Å². The molecule has 1 aromatic carbocycles. The summed E-state index contributed by atoms with van der Waals surface area (Å²) >= 11 is 0. The standard InChI is InChI=1S/C16H15N5O3/c22-15(13-7-4-8-24-13)19-20-10-17-14-12(16(20)23)9-18-21(14)11-5-2-1-3-6-11/h1-3,5-6,9-10,13H,4,7-8H2,(H,19,22). The highest BCUT2D eigenvalue weighted by Gasteiger charge is 2.24. The molecule has 8 nitrogen and oxygen atoms in total. The number of carbonyl (C=O) groups is 1. The molecule has 1 amide bonds. The lowest BCUT2D eigenvalue weighted by atomic mass is 10.2. The zero-order valence-electron chi connectivity index (χ0n) is 12.8. The summed E-state index contributed by atoms with van der Waals surface area (Å²) in [5, 5.41) is 4.56. The van der Waals surface area contributed by atoms with E-state index in [0.29, 0.717) is 24.1 Å². The van der Waals surface area contributed by atoms with Crippen molar-refractivity contribution in [2.45, 2.75) is 18.9 Å². The molecule has 8 heteroatoms. The van der Waals surface area contributed by atoms with Gasteiger partial charge in [0, 0.05) is 6.61 Å². The molecule has 1 aliphatic rings. The molecular formula is C16H15N5O3. The maximum Gasteiger partial charge on any atom is 0.283 e. The maximum absolute atomic E-state index is 12.5. The van der Waals surface area contributed by atoms with Gasteiger partial charge >= 0.3 is 0 Å². The average Bonchev–Trinajstić information content (AvgIpc) is 3.28. The first-order chi connectivity index (χ1) is 11.7. The molecule has 3 aromatic rings. The van der Waals surface area contributed by atoms with Crippen molar-refractivity contribution in [3.8, 4) is 5.69 Å². The van der Waals surface area contributed by atoms with E-state index in [1.165, 1.54) is 12.5 Å². The minimum atomic E-state index is -0.514. The summed E-state index contributed by atoms with van der Waals surface area (Å²) in [7, 11) is 0. The van der Waals surface area contributed by atoms with Crippen LogP contribution in [0.5, 0.6) is 0 Å². The van der Waals surface area contributed by atoms with Gasteiger partial charge in [-0.25, -0.2) is 14.3 Å². The van der Waals surface area contributed by atoms with Crippen LogP contribution < -0.4 is 11.0 Å². The van der Waals surface area contributed by atoms with E-state index in [9.17, 15) is 9.59 Å². The molecule has 2 aromatic heterocycles. The highest BCUT2D eigenvalue weighted by molar-refractivity contribution is 5.88. The van der Waals surface area contributed by atoms with Crippen LogP contribution in [-0.4, -0.2) is 38.1 Å². The number of nitrogens with one attached hydrogen (secondary N) is 1. The second-order valence-electron chi connectivity index (χ2n) is 5.53. The first-order valence-electron chi connectivity index (χ1n) is 7.67. The predicted molar refractivity (Wildman–Crippen MR) is 86.5 cm³/mol. The van der Waals surface area contributed by atoms with Gasteiger partial charge in [0.15, 0.2) is 5.65 Å². The summed E-state index contributed by atoms with van der Waals surface area (Å²) in [5.74, 6) is -0.341. The summed E-state index contributed by atoms with van der Waals surface area (Å²) in [4.78, 5) is 28.9. The van der Waals surface area contributed by atoms with Crippen LogP contribution in [0.15, 0.2) is 47.7 Å². The molecule has 0 bridgehead atoms. The van der Waals surface area contributed by atoms with Crippen LogP contribution in [0.25, 0.3) is 16.7 Å². The fourth-order valence-corrected chi connectivity index (χ4v) is 2.72. The molecule has 1 atom stereocenters. The third kappa shape index (κ3) is 2.46. The first-order valence-corrected chi connectivity index (χ1v) is 7.67. The molecule has 1 fully saturated rings. The Morgan fingerprint density at radius 2 is 2.12 bits per heavy atom. The van der Waals surface area contributed by atoms with Crippen molar-refractivity contribution < 1.29 is 9.53 Å². The average molecular weight is 325 g/mol. The molecule has 1 N–H and O–H groups in total. The number of rotatable bonds is 3. The Hall–Kier alpha value is -3.00. The predicted octanol–water partition coefficient (Wildman–Crippen LogP) is 0.831. The Bertz CT molecular complexity index is 941. The van der Waals surface area contributed by atoms with Gasteiger partial charge in [-0.05, 0) is 25.0 Å². The third-order valence-electron chi connectivity index (χ3n) is 3.94. The third-order valence-corrected chi connectivity index (χ3v) is 3.94. The van der Waals surface area contributed by atoms with E-state index in [1.54, 1.807) is 4.68 Å². The lowest BCUT2D eigenvalue weighted by Gasteiger charge is -2.11. The molecule has 3 heterocycles. The lowest BCUT2D eigenvalue weighted by molar-refractivity contribution is -0.125. The fourth-order valence-electron chi connectivity index (χ4n) is 2.72. The zero-order valence-corrected chi connectivity index (χ0v) is 12.8. The molecule has 0 aliphatic carbocycles. The van der Waals surface area contributed by atoms with Crippen molar-refractivity contribution in [1.29, 1.82) is 0 Å². The number of amides is 1. The molecule has 0 spiro atoms. The topological polar surface area (TPSA) is 91.0 Å². The second kappa shape index (κ2) is 5.89. The quantitative estimate of drug-likeness (QED) is 0.770. The molecular weight excluding hydrogens is 310 g/mol. The molecule has 1 saturated heterocycles. The van der Waals surface area contributed by atoms with Gasteiger partial charge in [-0.1, -0.05) is 18.2 Å². The Kier molecular flexibility index (Phi) is 3.58. The summed E-state index contributed by atoms with van der Waals surface area (Å²) in [6, 6.07) is 9.41. The van der Waals surface area contributed by atoms with Gasteiger partial charge in [0.1, 0.15) is 17.8 Å². The Morgan fingerprint density at radius 1 is 1.29 bits per heavy atom. The smallest absolute Gasteiger partial charge is 0.283 e. The van der Waals surface area contributed by atoms with Gasteiger partial charge in [-0.2, -0.15) is 5.10 Å². The van der Waals surface area contributed by atoms with E-state index >= 15 is 0 Å². The molecule has 1 aliphatic heterocycles. The highest BCUT2D eigenvalue weighted by atomic mass is 16.5. The Morgan fingerprint density at radius 3 is 2.88 bits per heavy atom. The highest BCUT2D eigenvalue weighted by Crippen LogP contribution is 2.14. The minimum Gasteiger partial charge on any atom is -0.368 e. The van der Waals surface area contributed by atoms with Crippen molar-refractivity contribution in [1.82, 2.24) is 19.4 Å². The summed E-state index contributed by atoms with van der Waals surface area (Å²) in [6.07, 6.45) is 3.72. The lowest BCUT2D eigenvalue weighted by Crippen LogP contribution is -2.38. The van der Waals surface area contributed by atoms with Crippen LogP contribution in [0, 0.1) is 0 Å². The van der Waals surface area contributed by atoms with Crippen LogP contribution >= 0.6 is 0 Å². The molecule has 24 heavy (non-hydrogen) atoms. The van der Waals surface area contributed by atoms with E-state index in [4.69, 9.17) is 4.74 Å². The number of nitrogens with zero attached hydrogens (tertiary/aromatic N) is 4. The SMILES string of the molecule is O=C(Nn1cnc2c(cnn2-c2ccccc2)c1=O)C1CCCO1. The molecule has 1 unspecified atom stereocenters. The van der Waals surface area contributed by atoms with Crippen molar-refractivity contribution >= 4 is 16.9 Å². The van der Waals surface area contributed by atoms with E-state index in [-0.39, 0.29) is 11.5 Å². The Balaban J connectivity index is 1.69. The van der Waals surface area contributed by atoms with Crippen molar-refractivity contribution in [2.75, 3.05) is 12.0 Å². The summed E-state index contributed by atoms with van der Waals surface area (Å²) < 4.78 is 7.97. The number of hydrogen-bond acceptors (Lipinski definition) is 5. The van der Waals surface area contributed by atoms with Crippen LogP contribution in [-0.2, 0) is 9.53 Å². The fraction of sp³-hybridized carbons (Fsp3) is 0.250. The zero-order chi connectivity index (χ0) is 16.5. The number of ether oxygens (including phenoxy) is 1. The van der Waals surface area contributed by atoms with Gasteiger partial charge < -0.3 is 4.74 Å². The monoisotopic (exact) mass is 325 g/mol. The summed E-state index contributed by atoms with van der Waals surface area (Å²) in [6.45, 7) is 0.564. The van der Waals surface area contributed by atoms with Gasteiger partial charge in [-0.15, -0.1) is 0 Å². The van der Waals surface area contributed by atoms with E-state index in [1.807, 2.05) is 30.3 Å². The van der Waals surface area contributed by atoms with Gasteiger partial charge in [-0.3, -0.25) is 15.0 Å². The van der Waals surface area contributed by atoms with E-state index < -0.39 is 6.10 Å². The summed E-state index contributed by atoms with van der Waals surface area (Å²) in [5.41, 5.74) is 3.40. The normalized spacial score (nSPS) is 17.2. The van der Waals surface area contributed by atoms with Gasteiger partial charge in [0.2, 0.25) is 0 Å².